The van der Waals surface area contributed by atoms with Gasteiger partial charge >= 0.3 is 0 Å². The summed E-state index contributed by atoms with van der Waals surface area (Å²) in [4.78, 5) is 0. The van der Waals surface area contributed by atoms with Crippen molar-refractivity contribution in [1.29, 1.82) is 0 Å². The zero-order valence-corrected chi connectivity index (χ0v) is 12.9. The predicted molar refractivity (Wildman–Crippen MR) is 79.7 cm³/mol. The van der Waals surface area contributed by atoms with E-state index in [4.69, 9.17) is 11.6 Å². The zero-order valence-electron chi connectivity index (χ0n) is 12.2. The highest BCUT2D eigenvalue weighted by Crippen LogP contribution is 2.23. The number of hydrogen-bond acceptors (Lipinski definition) is 2. The maximum absolute atomic E-state index is 14.0. The van der Waals surface area contributed by atoms with Gasteiger partial charge in [0.05, 0.1) is 17.3 Å². The van der Waals surface area contributed by atoms with Crippen LogP contribution in [0.15, 0.2) is 18.2 Å². The Morgan fingerprint density at radius 2 is 2.10 bits per heavy atom. The van der Waals surface area contributed by atoms with Crippen LogP contribution < -0.4 is 5.32 Å². The Bertz CT molecular complexity index is 622. The molecule has 0 aliphatic heterocycles. The molecule has 1 atom stereocenters. The fourth-order valence-electron chi connectivity index (χ4n) is 2.47. The zero-order chi connectivity index (χ0) is 14.9. The van der Waals surface area contributed by atoms with Crippen LogP contribution in [-0.4, -0.2) is 16.8 Å². The SMILES string of the molecule is CNC(C)c1c(C)nn(Cc2cccc(Cl)c2F)c1C. The van der Waals surface area contributed by atoms with E-state index in [2.05, 4.69) is 17.3 Å². The summed E-state index contributed by atoms with van der Waals surface area (Å²) in [7, 11) is 1.91. The van der Waals surface area contributed by atoms with Crippen molar-refractivity contribution in [2.75, 3.05) is 7.05 Å². The van der Waals surface area contributed by atoms with Gasteiger partial charge in [0.2, 0.25) is 0 Å². The smallest absolute Gasteiger partial charge is 0.146 e. The maximum Gasteiger partial charge on any atom is 0.146 e. The van der Waals surface area contributed by atoms with Gasteiger partial charge in [-0.05, 0) is 33.9 Å². The summed E-state index contributed by atoms with van der Waals surface area (Å²) >= 11 is 5.81. The molecule has 0 radical (unpaired) electrons. The second-order valence-corrected chi connectivity index (χ2v) is 5.37. The highest BCUT2D eigenvalue weighted by molar-refractivity contribution is 6.30. The van der Waals surface area contributed by atoms with Gasteiger partial charge < -0.3 is 5.32 Å². The van der Waals surface area contributed by atoms with Gasteiger partial charge in [-0.3, -0.25) is 4.68 Å². The number of nitrogens with one attached hydrogen (secondary N) is 1. The molecule has 1 aromatic heterocycles. The molecule has 5 heteroatoms. The number of nitrogens with zero attached hydrogens (tertiary/aromatic N) is 2. The third-order valence-corrected chi connectivity index (χ3v) is 3.95. The molecule has 1 unspecified atom stereocenters. The summed E-state index contributed by atoms with van der Waals surface area (Å²) in [5.74, 6) is -0.370. The second-order valence-electron chi connectivity index (χ2n) is 4.97. The molecule has 1 heterocycles. The molecule has 20 heavy (non-hydrogen) atoms. The Hall–Kier alpha value is -1.39. The minimum absolute atomic E-state index is 0.146. The third-order valence-electron chi connectivity index (χ3n) is 3.66. The first-order valence-corrected chi connectivity index (χ1v) is 6.97. The summed E-state index contributed by atoms with van der Waals surface area (Å²) in [6, 6.07) is 5.26. The summed E-state index contributed by atoms with van der Waals surface area (Å²) in [6.07, 6.45) is 0. The molecule has 0 spiro atoms. The number of rotatable bonds is 4. The van der Waals surface area contributed by atoms with Crippen LogP contribution in [0.25, 0.3) is 0 Å². The molecular formula is C15H19ClFN3. The van der Waals surface area contributed by atoms with Gasteiger partial charge in [0.25, 0.3) is 0 Å². The van der Waals surface area contributed by atoms with Crippen LogP contribution in [0.5, 0.6) is 0 Å². The van der Waals surface area contributed by atoms with Crippen molar-refractivity contribution in [1.82, 2.24) is 15.1 Å². The Kier molecular flexibility index (Phi) is 4.45. The first-order chi connectivity index (χ1) is 9.45. The fraction of sp³-hybridized carbons (Fsp3) is 0.400. The van der Waals surface area contributed by atoms with Crippen LogP contribution in [-0.2, 0) is 6.54 Å². The summed E-state index contributed by atoms with van der Waals surface area (Å²) in [5, 5.41) is 7.87. The van der Waals surface area contributed by atoms with E-state index >= 15 is 0 Å². The van der Waals surface area contributed by atoms with Crippen molar-refractivity contribution in [3.8, 4) is 0 Å². The molecule has 0 saturated heterocycles. The fourth-order valence-corrected chi connectivity index (χ4v) is 2.66. The maximum atomic E-state index is 14.0. The van der Waals surface area contributed by atoms with E-state index in [1.807, 2.05) is 25.6 Å². The molecule has 2 rings (SSSR count). The molecule has 0 bridgehead atoms. The number of hydrogen-bond donors (Lipinski definition) is 1. The van der Waals surface area contributed by atoms with Crippen molar-refractivity contribution in [2.45, 2.75) is 33.4 Å². The Morgan fingerprint density at radius 3 is 2.75 bits per heavy atom. The molecule has 0 aliphatic rings. The van der Waals surface area contributed by atoms with Crippen LogP contribution in [0.4, 0.5) is 4.39 Å². The van der Waals surface area contributed by atoms with E-state index in [-0.39, 0.29) is 16.9 Å². The van der Waals surface area contributed by atoms with E-state index in [0.29, 0.717) is 12.1 Å². The van der Waals surface area contributed by atoms with E-state index in [0.717, 1.165) is 17.0 Å². The first-order valence-electron chi connectivity index (χ1n) is 6.59. The lowest BCUT2D eigenvalue weighted by Gasteiger charge is -2.11. The quantitative estimate of drug-likeness (QED) is 0.933. The highest BCUT2D eigenvalue weighted by atomic mass is 35.5. The first kappa shape index (κ1) is 15.0. The molecule has 108 valence electrons. The molecule has 3 nitrogen and oxygen atoms in total. The molecule has 0 fully saturated rings. The molecular weight excluding hydrogens is 277 g/mol. The van der Waals surface area contributed by atoms with Crippen molar-refractivity contribution >= 4 is 11.6 Å². The topological polar surface area (TPSA) is 29.9 Å². The van der Waals surface area contributed by atoms with Gasteiger partial charge in [-0.1, -0.05) is 23.7 Å². The lowest BCUT2D eigenvalue weighted by atomic mass is 10.1. The van der Waals surface area contributed by atoms with Crippen LogP contribution in [0.1, 0.15) is 35.5 Å². The molecule has 1 N–H and O–H groups in total. The number of aromatic nitrogens is 2. The van der Waals surface area contributed by atoms with E-state index < -0.39 is 0 Å². The standard InChI is InChI=1S/C15H19ClFN3/c1-9(18-4)14-10(2)19-20(11(14)3)8-12-6-5-7-13(16)15(12)17/h5-7,9,18H,8H2,1-4H3. The lowest BCUT2D eigenvalue weighted by molar-refractivity contribution is 0.577. The Labute approximate surface area is 123 Å². The number of aryl methyl sites for hydroxylation is 1. The average Bonchev–Trinajstić information content (AvgIpc) is 2.69. The average molecular weight is 296 g/mol. The van der Waals surface area contributed by atoms with Crippen LogP contribution in [0, 0.1) is 19.7 Å². The van der Waals surface area contributed by atoms with Crippen molar-refractivity contribution in [3.05, 3.63) is 51.6 Å². The van der Waals surface area contributed by atoms with Gasteiger partial charge in [-0.2, -0.15) is 5.10 Å². The third kappa shape index (κ3) is 2.72. The van der Waals surface area contributed by atoms with Gasteiger partial charge in [0.1, 0.15) is 5.82 Å². The van der Waals surface area contributed by atoms with Crippen molar-refractivity contribution in [3.63, 3.8) is 0 Å². The van der Waals surface area contributed by atoms with Gasteiger partial charge in [0, 0.05) is 22.9 Å². The predicted octanol–water partition coefficient (Wildman–Crippen LogP) is 3.62. The van der Waals surface area contributed by atoms with Gasteiger partial charge in [-0.15, -0.1) is 0 Å². The molecule has 2 aromatic rings. The molecule has 1 aromatic carbocycles. The summed E-state index contributed by atoms with van der Waals surface area (Å²) in [5.41, 5.74) is 3.72. The molecule has 0 amide bonds. The van der Waals surface area contributed by atoms with Crippen LogP contribution >= 0.6 is 11.6 Å². The molecule has 0 aliphatic carbocycles. The highest BCUT2D eigenvalue weighted by Gasteiger charge is 2.17. The largest absolute Gasteiger partial charge is 0.313 e. The summed E-state index contributed by atoms with van der Waals surface area (Å²) in [6.45, 7) is 6.45. The number of halogens is 2. The second kappa shape index (κ2) is 5.94. The van der Waals surface area contributed by atoms with Gasteiger partial charge in [-0.25, -0.2) is 4.39 Å². The minimum Gasteiger partial charge on any atom is -0.313 e. The summed E-state index contributed by atoms with van der Waals surface area (Å²) < 4.78 is 15.8. The van der Waals surface area contributed by atoms with Crippen molar-refractivity contribution < 1.29 is 4.39 Å². The van der Waals surface area contributed by atoms with Crippen LogP contribution in [0.2, 0.25) is 5.02 Å². The minimum atomic E-state index is -0.370. The molecule has 0 saturated carbocycles. The normalized spacial score (nSPS) is 12.7. The van der Waals surface area contributed by atoms with E-state index in [1.165, 1.54) is 0 Å². The number of benzene rings is 1. The Morgan fingerprint density at radius 1 is 1.40 bits per heavy atom. The van der Waals surface area contributed by atoms with Gasteiger partial charge in [0.15, 0.2) is 0 Å². The Balaban J connectivity index is 2.38. The van der Waals surface area contributed by atoms with E-state index in [1.54, 1.807) is 18.2 Å². The van der Waals surface area contributed by atoms with Crippen LogP contribution in [0.3, 0.4) is 0 Å². The lowest BCUT2D eigenvalue weighted by Crippen LogP contribution is -2.14. The van der Waals surface area contributed by atoms with E-state index in [9.17, 15) is 4.39 Å². The monoisotopic (exact) mass is 295 g/mol. The van der Waals surface area contributed by atoms with Crippen molar-refractivity contribution in [2.24, 2.45) is 0 Å².